The van der Waals surface area contributed by atoms with E-state index in [1.807, 2.05) is 0 Å². The number of allylic oxidation sites excluding steroid dienone is 8. The molecule has 0 amide bonds. The third kappa shape index (κ3) is 7.50. The Morgan fingerprint density at radius 2 is 0.312 bits per heavy atom. The third-order valence-corrected chi connectivity index (χ3v) is 6.91. The summed E-state index contributed by atoms with van der Waals surface area (Å²) in [6, 6.07) is 0. The average molecular weight is 441 g/mol. The summed E-state index contributed by atoms with van der Waals surface area (Å²) in [5.41, 5.74) is 14.1. The van der Waals surface area contributed by atoms with Crippen molar-refractivity contribution in [3.8, 4) is 0 Å². The van der Waals surface area contributed by atoms with Crippen molar-refractivity contribution >= 4 is 0 Å². The van der Waals surface area contributed by atoms with E-state index >= 15 is 0 Å². The van der Waals surface area contributed by atoms with Gasteiger partial charge < -0.3 is 0 Å². The van der Waals surface area contributed by atoms with Gasteiger partial charge in [0, 0.05) is 0 Å². The Bertz CT molecular complexity index is 479. The lowest BCUT2D eigenvalue weighted by molar-refractivity contribution is 0.737. The molecule has 0 aromatic heterocycles. The van der Waals surface area contributed by atoms with Crippen molar-refractivity contribution in [3.05, 3.63) is 44.6 Å². The lowest BCUT2D eigenvalue weighted by Gasteiger charge is -2.32. The van der Waals surface area contributed by atoms with Crippen LogP contribution in [0.2, 0.25) is 0 Å². The fourth-order valence-corrected chi connectivity index (χ4v) is 5.87. The van der Waals surface area contributed by atoms with E-state index in [1.165, 1.54) is 103 Å². The summed E-state index contributed by atoms with van der Waals surface area (Å²) in [7, 11) is 0. The van der Waals surface area contributed by atoms with E-state index in [-0.39, 0.29) is 0 Å². The molecule has 184 valence electrons. The Balaban J connectivity index is 4.24. The van der Waals surface area contributed by atoms with Crippen molar-refractivity contribution in [3.63, 3.8) is 0 Å². The second-order valence-corrected chi connectivity index (χ2v) is 9.83. The van der Waals surface area contributed by atoms with Gasteiger partial charge in [0.1, 0.15) is 0 Å². The molecule has 0 atom stereocenters. The summed E-state index contributed by atoms with van der Waals surface area (Å²) >= 11 is 0. The van der Waals surface area contributed by atoms with Crippen LogP contribution >= 0.6 is 0 Å². The fraction of sp³-hybridized carbons (Fsp3) is 0.750. The number of hydrogen-bond donors (Lipinski definition) is 0. The van der Waals surface area contributed by atoms with Crippen molar-refractivity contribution in [2.24, 2.45) is 0 Å². The normalized spacial score (nSPS) is 24.8. The molecule has 0 aromatic rings. The zero-order chi connectivity index (χ0) is 23.9. The maximum atomic E-state index is 2.39. The Hall–Kier alpha value is -1.04. The molecule has 32 heavy (non-hydrogen) atoms. The zero-order valence-electron chi connectivity index (χ0n) is 23.3. The lowest BCUT2D eigenvalue weighted by Crippen LogP contribution is -2.13. The minimum atomic E-state index is 1.26. The van der Waals surface area contributed by atoms with Crippen molar-refractivity contribution < 1.29 is 0 Å². The molecule has 0 spiro atoms. The third-order valence-electron chi connectivity index (χ3n) is 6.91. The minimum absolute atomic E-state index is 1.26. The molecule has 1 aliphatic carbocycles. The number of rotatable bonds is 16. The molecule has 0 bridgehead atoms. The highest BCUT2D eigenvalue weighted by Crippen LogP contribution is 2.45. The summed E-state index contributed by atoms with van der Waals surface area (Å²) in [6.07, 6.45) is 20.1. The van der Waals surface area contributed by atoms with Crippen LogP contribution in [0.3, 0.4) is 0 Å². The molecule has 0 nitrogen and oxygen atoms in total. The van der Waals surface area contributed by atoms with Gasteiger partial charge in [-0.3, -0.25) is 0 Å². The van der Waals surface area contributed by atoms with Crippen molar-refractivity contribution in [1.82, 2.24) is 0 Å². The summed E-state index contributed by atoms with van der Waals surface area (Å²) < 4.78 is 0. The first-order valence-electron chi connectivity index (χ1n) is 14.5. The van der Waals surface area contributed by atoms with E-state index in [9.17, 15) is 0 Å². The molecule has 0 radical (unpaired) electrons. The maximum Gasteiger partial charge on any atom is -0.0276 e. The molecule has 0 heterocycles. The van der Waals surface area contributed by atoms with Gasteiger partial charge in [0.25, 0.3) is 0 Å². The van der Waals surface area contributed by atoms with Crippen LogP contribution < -0.4 is 0 Å². The van der Waals surface area contributed by atoms with Gasteiger partial charge in [-0.05, 0) is 96.0 Å². The monoisotopic (exact) mass is 440 g/mol. The van der Waals surface area contributed by atoms with Gasteiger partial charge in [-0.25, -0.2) is 0 Å². The fourth-order valence-electron chi connectivity index (χ4n) is 5.87. The van der Waals surface area contributed by atoms with E-state index in [4.69, 9.17) is 0 Å². The molecule has 0 aromatic carbocycles. The van der Waals surface area contributed by atoms with Gasteiger partial charge in [-0.2, -0.15) is 0 Å². The molecule has 0 N–H and O–H groups in total. The van der Waals surface area contributed by atoms with E-state index in [0.29, 0.717) is 0 Å². The first-order chi connectivity index (χ1) is 15.6. The van der Waals surface area contributed by atoms with Gasteiger partial charge in [0.15, 0.2) is 0 Å². The molecular formula is C32H56. The lowest BCUT2D eigenvalue weighted by atomic mass is 9.73. The Morgan fingerprint density at radius 3 is 0.375 bits per heavy atom. The largest absolute Gasteiger partial charge is 0.0651 e. The molecule has 0 saturated carbocycles. The topological polar surface area (TPSA) is 0 Å². The van der Waals surface area contributed by atoms with Crippen LogP contribution in [0, 0.1) is 0 Å². The second kappa shape index (κ2) is 16.6. The van der Waals surface area contributed by atoms with Crippen LogP contribution in [0.4, 0.5) is 0 Å². The van der Waals surface area contributed by atoms with E-state index in [0.717, 1.165) is 0 Å². The molecule has 0 saturated heterocycles. The van der Waals surface area contributed by atoms with Gasteiger partial charge >= 0.3 is 0 Å². The van der Waals surface area contributed by atoms with Crippen LogP contribution in [-0.4, -0.2) is 0 Å². The quantitative estimate of drug-likeness (QED) is 0.224. The average Bonchev–Trinajstić information content (AvgIpc) is 2.78. The Kier molecular flexibility index (Phi) is 15.0. The highest BCUT2D eigenvalue weighted by molar-refractivity contribution is 5.60. The van der Waals surface area contributed by atoms with Crippen LogP contribution in [-0.2, 0) is 0 Å². The van der Waals surface area contributed by atoms with E-state index in [2.05, 4.69) is 55.4 Å². The maximum absolute atomic E-state index is 2.39. The summed E-state index contributed by atoms with van der Waals surface area (Å²) in [6.45, 7) is 19.1. The van der Waals surface area contributed by atoms with Gasteiger partial charge in [0.2, 0.25) is 0 Å². The first-order valence-corrected chi connectivity index (χ1v) is 14.5. The summed E-state index contributed by atoms with van der Waals surface area (Å²) in [5.74, 6) is 0. The van der Waals surface area contributed by atoms with Gasteiger partial charge in [-0.1, -0.05) is 107 Å². The molecular weight excluding hydrogens is 384 g/mol. The number of hydrogen-bond acceptors (Lipinski definition) is 0. The summed E-state index contributed by atoms with van der Waals surface area (Å²) in [5, 5.41) is 0. The van der Waals surface area contributed by atoms with Gasteiger partial charge in [-0.15, -0.1) is 0 Å². The first kappa shape index (κ1) is 29.0. The van der Waals surface area contributed by atoms with Crippen LogP contribution in [0.5, 0.6) is 0 Å². The molecule has 1 aliphatic rings. The highest BCUT2D eigenvalue weighted by atomic mass is 14.3. The smallest absolute Gasteiger partial charge is 0.0276 e. The Labute approximate surface area is 202 Å². The van der Waals surface area contributed by atoms with Crippen LogP contribution in [0.25, 0.3) is 0 Å². The van der Waals surface area contributed by atoms with Gasteiger partial charge in [0.05, 0.1) is 0 Å². The van der Waals surface area contributed by atoms with Crippen molar-refractivity contribution in [1.29, 1.82) is 0 Å². The standard InChI is InChI=1S/C32H56/c1-9-17-25-26(18-10-2)28(20-12-4)30(22-14-6)32(24-16-8)31(23-15-7)29(21-13-5)27(25)19-11-3/h9-24H2,1-8H3/b26-25-,27-25?,28-26?,29-27-,30-28-,31-29?,32-30?,32-31-. The Morgan fingerprint density at radius 1 is 0.219 bits per heavy atom. The second-order valence-electron chi connectivity index (χ2n) is 9.83. The van der Waals surface area contributed by atoms with E-state index in [1.54, 1.807) is 44.6 Å². The SMILES string of the molecule is CCCC1=C(CCC)/C(CCC)=C(CCC)\C(CCC)=C(CCC)/C(CCC)=C\1CCC. The molecule has 1 rings (SSSR count). The molecule has 0 aliphatic heterocycles. The summed E-state index contributed by atoms with van der Waals surface area (Å²) in [4.78, 5) is 0. The predicted molar refractivity (Wildman–Crippen MR) is 147 cm³/mol. The molecule has 0 unspecified atom stereocenters. The predicted octanol–water partition coefficient (Wildman–Crippen LogP) is 11.6. The van der Waals surface area contributed by atoms with Crippen LogP contribution in [0.15, 0.2) is 44.6 Å². The minimum Gasteiger partial charge on any atom is -0.0651 e. The molecule has 0 fully saturated rings. The van der Waals surface area contributed by atoms with Crippen molar-refractivity contribution in [2.75, 3.05) is 0 Å². The van der Waals surface area contributed by atoms with Crippen molar-refractivity contribution in [2.45, 2.75) is 158 Å². The zero-order valence-corrected chi connectivity index (χ0v) is 23.3. The highest BCUT2D eigenvalue weighted by Gasteiger charge is 2.26. The van der Waals surface area contributed by atoms with Crippen LogP contribution in [0.1, 0.15) is 158 Å². The van der Waals surface area contributed by atoms with E-state index < -0.39 is 0 Å². The molecule has 0 heteroatoms.